The quantitative estimate of drug-likeness (QED) is 0.653. The zero-order chi connectivity index (χ0) is 15.5. The number of nitrogens with one attached hydrogen (secondary N) is 2. The van der Waals surface area contributed by atoms with Gasteiger partial charge in [0.15, 0.2) is 0 Å². The highest BCUT2D eigenvalue weighted by Crippen LogP contribution is 2.42. The molecule has 0 saturated carbocycles. The molecule has 1 aliphatic rings. The number of para-hydroxylation sites is 1. The van der Waals surface area contributed by atoms with Gasteiger partial charge >= 0.3 is 7.67 Å². The summed E-state index contributed by atoms with van der Waals surface area (Å²) in [4.78, 5) is 0. The topological polar surface area (TPSA) is 50.4 Å². The monoisotopic (exact) mass is 308 g/mol. The van der Waals surface area contributed by atoms with Gasteiger partial charge in [0.05, 0.1) is 0 Å². The molecule has 0 bridgehead atoms. The average molecular weight is 308 g/mol. The first-order valence-electron chi connectivity index (χ1n) is 7.48. The van der Waals surface area contributed by atoms with Crippen LogP contribution in [0.25, 0.3) is 0 Å². The van der Waals surface area contributed by atoms with Gasteiger partial charge < -0.3 is 4.52 Å². The van der Waals surface area contributed by atoms with Gasteiger partial charge in [0.25, 0.3) is 0 Å². The average Bonchev–Trinajstić information content (AvgIpc) is 2.59. The maximum atomic E-state index is 13.2. The fourth-order valence-electron chi connectivity index (χ4n) is 2.18. The molecule has 4 nitrogen and oxygen atoms in total. The normalized spacial score (nSPS) is 25.0. The van der Waals surface area contributed by atoms with Gasteiger partial charge in [0, 0.05) is 12.1 Å². The Kier molecular flexibility index (Phi) is 5.26. The molecule has 0 aromatic heterocycles. The molecule has 21 heavy (non-hydrogen) atoms. The van der Waals surface area contributed by atoms with Gasteiger partial charge in [-0.05, 0) is 24.0 Å². The van der Waals surface area contributed by atoms with Crippen LogP contribution in [0.3, 0.4) is 0 Å². The molecule has 1 aliphatic heterocycles. The van der Waals surface area contributed by atoms with E-state index in [1.54, 1.807) is 0 Å². The molecule has 1 heterocycles. The zero-order valence-electron chi connectivity index (χ0n) is 13.1. The molecule has 0 fully saturated rings. The summed E-state index contributed by atoms with van der Waals surface area (Å²) >= 11 is 0. The van der Waals surface area contributed by atoms with E-state index in [4.69, 9.17) is 4.52 Å². The molecule has 0 unspecified atom stereocenters. The molecule has 1 aromatic rings. The molecule has 5 heteroatoms. The summed E-state index contributed by atoms with van der Waals surface area (Å²) in [6, 6.07) is 9.33. The van der Waals surface area contributed by atoms with Crippen molar-refractivity contribution in [3.8, 4) is 5.75 Å². The Labute approximate surface area is 127 Å². The Morgan fingerprint density at radius 2 is 1.43 bits per heavy atom. The lowest BCUT2D eigenvalue weighted by molar-refractivity contribution is 0.416. The third-order valence-electron chi connectivity index (χ3n) is 3.58. The predicted molar refractivity (Wildman–Crippen MR) is 87.3 cm³/mol. The largest absolute Gasteiger partial charge is 0.422 e. The molecule has 0 spiro atoms. The molecule has 2 atom stereocenters. The molecule has 0 amide bonds. The molecule has 2 N–H and O–H groups in total. The van der Waals surface area contributed by atoms with Crippen LogP contribution in [0.4, 0.5) is 0 Å². The highest BCUT2D eigenvalue weighted by atomic mass is 31.2. The Morgan fingerprint density at radius 3 is 1.86 bits per heavy atom. The van der Waals surface area contributed by atoms with Crippen molar-refractivity contribution in [1.82, 2.24) is 10.2 Å². The van der Waals surface area contributed by atoms with Gasteiger partial charge in [0.2, 0.25) is 0 Å². The van der Waals surface area contributed by atoms with Crippen molar-refractivity contribution in [2.75, 3.05) is 0 Å². The number of rotatable bonds is 4. The van der Waals surface area contributed by atoms with Crippen LogP contribution in [0.1, 0.15) is 27.7 Å². The minimum atomic E-state index is -3.16. The summed E-state index contributed by atoms with van der Waals surface area (Å²) in [5.41, 5.74) is 0. The maximum Gasteiger partial charge on any atom is 0.391 e. The first kappa shape index (κ1) is 16.3. The summed E-state index contributed by atoms with van der Waals surface area (Å²) < 4.78 is 18.9. The van der Waals surface area contributed by atoms with Crippen molar-refractivity contribution >= 4 is 7.67 Å². The third-order valence-corrected chi connectivity index (χ3v) is 5.32. The molecule has 116 valence electrons. The van der Waals surface area contributed by atoms with Crippen molar-refractivity contribution in [2.45, 2.75) is 39.8 Å². The lowest BCUT2D eigenvalue weighted by Crippen LogP contribution is -2.37. The fourth-order valence-corrected chi connectivity index (χ4v) is 4.33. The lowest BCUT2D eigenvalue weighted by Gasteiger charge is -2.27. The zero-order valence-corrected chi connectivity index (χ0v) is 14.0. The van der Waals surface area contributed by atoms with Crippen LogP contribution in [-0.2, 0) is 4.57 Å². The number of benzene rings is 1. The molecular formula is C16H25N2O2P. The molecule has 0 aliphatic carbocycles. The van der Waals surface area contributed by atoms with Crippen LogP contribution in [0.5, 0.6) is 5.75 Å². The summed E-state index contributed by atoms with van der Waals surface area (Å²) in [6.45, 7) is 8.41. The Morgan fingerprint density at radius 1 is 0.952 bits per heavy atom. The van der Waals surface area contributed by atoms with E-state index in [0.29, 0.717) is 17.6 Å². The van der Waals surface area contributed by atoms with Crippen molar-refractivity contribution < 1.29 is 9.09 Å². The van der Waals surface area contributed by atoms with Gasteiger partial charge in [-0.15, -0.1) is 0 Å². The van der Waals surface area contributed by atoms with Gasteiger partial charge in [-0.3, -0.25) is 0 Å². The second-order valence-corrected chi connectivity index (χ2v) is 7.94. The standard InChI is InChI=1S/C16H25N2O2P/c1-12(2)15-10-11-16(13(3)4)18-21(19,17-15)20-14-8-6-5-7-9-14/h5-13,15-16H,1-4H3,(H2,17,18,19)/t15-,16-/m1/s1. The van der Waals surface area contributed by atoms with E-state index < -0.39 is 7.67 Å². The van der Waals surface area contributed by atoms with Crippen LogP contribution in [0.15, 0.2) is 42.5 Å². The fraction of sp³-hybridized carbons (Fsp3) is 0.500. The van der Waals surface area contributed by atoms with Gasteiger partial charge in [0.1, 0.15) is 5.75 Å². The van der Waals surface area contributed by atoms with Crippen LogP contribution < -0.4 is 14.7 Å². The van der Waals surface area contributed by atoms with Crippen molar-refractivity contribution in [2.24, 2.45) is 11.8 Å². The highest BCUT2D eigenvalue weighted by molar-refractivity contribution is 7.55. The maximum absolute atomic E-state index is 13.2. The molecular weight excluding hydrogens is 283 g/mol. The summed E-state index contributed by atoms with van der Waals surface area (Å²) in [7, 11) is -3.16. The Hall–Kier alpha value is -1.09. The van der Waals surface area contributed by atoms with Gasteiger partial charge in [-0.1, -0.05) is 58.0 Å². The van der Waals surface area contributed by atoms with Crippen LogP contribution in [-0.4, -0.2) is 12.1 Å². The predicted octanol–water partition coefficient (Wildman–Crippen LogP) is 3.97. The van der Waals surface area contributed by atoms with Crippen LogP contribution in [0, 0.1) is 11.8 Å². The van der Waals surface area contributed by atoms with Crippen molar-refractivity contribution in [3.63, 3.8) is 0 Å². The summed E-state index contributed by atoms with van der Waals surface area (Å²) in [5, 5.41) is 6.32. The van der Waals surface area contributed by atoms with E-state index in [-0.39, 0.29) is 12.1 Å². The highest BCUT2D eigenvalue weighted by Gasteiger charge is 2.34. The first-order chi connectivity index (χ1) is 9.89. The number of hydrogen-bond donors (Lipinski definition) is 2. The van der Waals surface area contributed by atoms with E-state index in [9.17, 15) is 4.57 Å². The third kappa shape index (κ3) is 4.44. The van der Waals surface area contributed by atoms with Crippen LogP contribution >= 0.6 is 7.67 Å². The molecule has 0 saturated heterocycles. The Bertz CT molecular complexity index is 504. The number of hydrogen-bond acceptors (Lipinski definition) is 2. The smallest absolute Gasteiger partial charge is 0.391 e. The summed E-state index contributed by atoms with van der Waals surface area (Å²) in [5.74, 6) is 1.27. The molecule has 0 radical (unpaired) electrons. The van der Waals surface area contributed by atoms with E-state index in [1.807, 2.05) is 30.3 Å². The Balaban J connectivity index is 2.25. The summed E-state index contributed by atoms with van der Waals surface area (Å²) in [6.07, 6.45) is 4.19. The van der Waals surface area contributed by atoms with E-state index >= 15 is 0 Å². The van der Waals surface area contributed by atoms with Gasteiger partial charge in [-0.2, -0.15) is 0 Å². The van der Waals surface area contributed by atoms with E-state index in [2.05, 4.69) is 50.0 Å². The van der Waals surface area contributed by atoms with Crippen molar-refractivity contribution in [3.05, 3.63) is 42.5 Å². The first-order valence-corrected chi connectivity index (χ1v) is 9.11. The van der Waals surface area contributed by atoms with Crippen molar-refractivity contribution in [1.29, 1.82) is 0 Å². The van der Waals surface area contributed by atoms with E-state index in [1.165, 1.54) is 0 Å². The second kappa shape index (κ2) is 6.78. The molecule has 1 aromatic carbocycles. The van der Waals surface area contributed by atoms with Crippen LogP contribution in [0.2, 0.25) is 0 Å². The second-order valence-electron chi connectivity index (χ2n) is 6.14. The minimum Gasteiger partial charge on any atom is -0.422 e. The van der Waals surface area contributed by atoms with E-state index in [0.717, 1.165) is 0 Å². The SMILES string of the molecule is CC(C)[C@H]1C=C[C@H](C(C)C)NP(=O)(Oc2ccccc2)N1. The molecule has 2 rings (SSSR count). The lowest BCUT2D eigenvalue weighted by atomic mass is 10.0. The minimum absolute atomic E-state index is 0.0239. The van der Waals surface area contributed by atoms with Gasteiger partial charge in [-0.25, -0.2) is 14.7 Å².